The molecule has 0 aromatic heterocycles. The van der Waals surface area contributed by atoms with E-state index < -0.39 is 6.10 Å². The average molecular weight is 339 g/mol. The van der Waals surface area contributed by atoms with Gasteiger partial charge in [0.1, 0.15) is 5.75 Å². The summed E-state index contributed by atoms with van der Waals surface area (Å²) >= 11 is 6.09. The zero-order chi connectivity index (χ0) is 16.7. The van der Waals surface area contributed by atoms with Crippen molar-refractivity contribution in [3.05, 3.63) is 29.3 Å². The van der Waals surface area contributed by atoms with E-state index in [2.05, 4.69) is 17.3 Å². The van der Waals surface area contributed by atoms with Crippen LogP contribution in [-0.4, -0.2) is 43.6 Å². The highest BCUT2D eigenvalue weighted by atomic mass is 35.5. The molecule has 1 atom stereocenters. The Bertz CT molecular complexity index is 502. The van der Waals surface area contributed by atoms with Crippen LogP contribution >= 0.6 is 11.6 Å². The summed E-state index contributed by atoms with van der Waals surface area (Å²) in [7, 11) is 2.16. The van der Waals surface area contributed by atoms with Crippen LogP contribution in [0.15, 0.2) is 24.3 Å². The fourth-order valence-electron chi connectivity index (χ4n) is 2.88. The summed E-state index contributed by atoms with van der Waals surface area (Å²) in [5.41, 5.74) is 0. The summed E-state index contributed by atoms with van der Waals surface area (Å²) in [4.78, 5) is 14.7. The van der Waals surface area contributed by atoms with Crippen LogP contribution in [0.25, 0.3) is 0 Å². The van der Waals surface area contributed by atoms with Crippen LogP contribution in [0.1, 0.15) is 32.6 Å². The lowest BCUT2D eigenvalue weighted by Gasteiger charge is -2.29. The van der Waals surface area contributed by atoms with Crippen molar-refractivity contribution in [2.75, 3.05) is 26.7 Å². The van der Waals surface area contributed by atoms with Crippen molar-refractivity contribution in [2.24, 2.45) is 5.92 Å². The minimum atomic E-state index is -0.493. The molecular weight excluding hydrogens is 312 g/mol. The fourth-order valence-corrected chi connectivity index (χ4v) is 3.06. The number of hydrogen-bond donors (Lipinski definition) is 1. The van der Waals surface area contributed by atoms with Crippen molar-refractivity contribution in [2.45, 2.75) is 38.7 Å². The first-order valence-electron chi connectivity index (χ1n) is 8.47. The first kappa shape index (κ1) is 18.1. The predicted molar refractivity (Wildman–Crippen MR) is 94.0 cm³/mol. The molecule has 0 unspecified atom stereocenters. The number of amides is 1. The van der Waals surface area contributed by atoms with Crippen LogP contribution in [0, 0.1) is 5.92 Å². The first-order valence-corrected chi connectivity index (χ1v) is 8.85. The van der Waals surface area contributed by atoms with E-state index in [0.29, 0.717) is 17.2 Å². The quantitative estimate of drug-likeness (QED) is 0.829. The largest absolute Gasteiger partial charge is 0.479 e. The normalized spacial score (nSPS) is 17.7. The minimum absolute atomic E-state index is 0.0552. The lowest BCUT2D eigenvalue weighted by molar-refractivity contribution is -0.128. The van der Waals surface area contributed by atoms with Gasteiger partial charge in [0.15, 0.2) is 6.10 Å². The predicted octanol–water partition coefficient (Wildman–Crippen LogP) is 3.35. The molecule has 0 radical (unpaired) electrons. The molecule has 5 heteroatoms. The molecule has 1 aromatic rings. The van der Waals surface area contributed by atoms with Crippen molar-refractivity contribution in [1.29, 1.82) is 0 Å². The molecular formula is C18H27ClN2O2. The summed E-state index contributed by atoms with van der Waals surface area (Å²) in [6.07, 6.45) is 3.61. The van der Waals surface area contributed by atoms with E-state index >= 15 is 0 Å². The lowest BCUT2D eigenvalue weighted by atomic mass is 9.94. The van der Waals surface area contributed by atoms with Crippen LogP contribution in [0.3, 0.4) is 0 Å². The molecule has 0 aliphatic carbocycles. The number of ether oxygens (including phenoxy) is 1. The van der Waals surface area contributed by atoms with Gasteiger partial charge >= 0.3 is 0 Å². The molecule has 1 N–H and O–H groups in total. The van der Waals surface area contributed by atoms with Crippen molar-refractivity contribution in [1.82, 2.24) is 10.2 Å². The summed E-state index contributed by atoms with van der Waals surface area (Å²) < 4.78 is 5.76. The van der Waals surface area contributed by atoms with E-state index in [1.54, 1.807) is 12.1 Å². The summed E-state index contributed by atoms with van der Waals surface area (Å²) in [6.45, 7) is 4.98. The molecule has 128 valence electrons. The van der Waals surface area contributed by atoms with E-state index in [-0.39, 0.29) is 5.91 Å². The topological polar surface area (TPSA) is 41.6 Å². The van der Waals surface area contributed by atoms with Gasteiger partial charge in [0.05, 0.1) is 5.02 Å². The highest BCUT2D eigenvalue weighted by Gasteiger charge is 2.20. The number of benzene rings is 1. The molecule has 1 aromatic carbocycles. The van der Waals surface area contributed by atoms with Gasteiger partial charge in [-0.25, -0.2) is 0 Å². The number of carbonyl (C=O) groups excluding carboxylic acids is 1. The van der Waals surface area contributed by atoms with Gasteiger partial charge in [-0.1, -0.05) is 30.7 Å². The van der Waals surface area contributed by atoms with Crippen molar-refractivity contribution in [3.8, 4) is 5.75 Å². The Hall–Kier alpha value is -1.26. The third-order valence-corrected chi connectivity index (χ3v) is 4.77. The highest BCUT2D eigenvalue weighted by Crippen LogP contribution is 2.25. The van der Waals surface area contributed by atoms with Crippen molar-refractivity contribution < 1.29 is 9.53 Å². The number of carbonyl (C=O) groups is 1. The van der Waals surface area contributed by atoms with E-state index in [0.717, 1.165) is 32.0 Å². The lowest BCUT2D eigenvalue weighted by Crippen LogP contribution is -2.39. The Morgan fingerprint density at radius 3 is 2.74 bits per heavy atom. The number of para-hydroxylation sites is 1. The SMILES string of the molecule is CC[C@@H](Oc1ccccc1Cl)C(=O)NCCC1CCN(C)CC1. The number of nitrogens with one attached hydrogen (secondary N) is 1. The molecule has 1 aliphatic rings. The monoisotopic (exact) mass is 338 g/mol. The van der Waals surface area contributed by atoms with Gasteiger partial charge in [-0.05, 0) is 63.9 Å². The van der Waals surface area contributed by atoms with Crippen LogP contribution in [0.5, 0.6) is 5.75 Å². The Morgan fingerprint density at radius 1 is 1.39 bits per heavy atom. The highest BCUT2D eigenvalue weighted by molar-refractivity contribution is 6.32. The van der Waals surface area contributed by atoms with Crippen molar-refractivity contribution in [3.63, 3.8) is 0 Å². The molecule has 1 saturated heterocycles. The number of rotatable bonds is 7. The second-order valence-electron chi connectivity index (χ2n) is 6.27. The molecule has 1 fully saturated rings. The average Bonchev–Trinajstić information content (AvgIpc) is 2.56. The third kappa shape index (κ3) is 5.70. The molecule has 2 rings (SSSR count). The van der Waals surface area contributed by atoms with E-state index in [1.165, 1.54) is 12.8 Å². The summed E-state index contributed by atoms with van der Waals surface area (Å²) in [6, 6.07) is 7.25. The van der Waals surface area contributed by atoms with Crippen LogP contribution in [0.2, 0.25) is 5.02 Å². The number of halogens is 1. The number of likely N-dealkylation sites (tertiary alicyclic amines) is 1. The van der Waals surface area contributed by atoms with Gasteiger partial charge in [0, 0.05) is 6.54 Å². The Morgan fingerprint density at radius 2 is 2.09 bits per heavy atom. The Labute approximate surface area is 144 Å². The van der Waals surface area contributed by atoms with Crippen LogP contribution < -0.4 is 10.1 Å². The molecule has 0 saturated carbocycles. The van der Waals surface area contributed by atoms with Gasteiger partial charge in [0.2, 0.25) is 0 Å². The molecule has 1 amide bonds. The van der Waals surface area contributed by atoms with Gasteiger partial charge in [0.25, 0.3) is 5.91 Å². The Balaban J connectivity index is 1.75. The fraction of sp³-hybridized carbons (Fsp3) is 0.611. The van der Waals surface area contributed by atoms with Gasteiger partial charge in [-0.15, -0.1) is 0 Å². The maximum absolute atomic E-state index is 12.3. The van der Waals surface area contributed by atoms with E-state index in [1.807, 2.05) is 19.1 Å². The smallest absolute Gasteiger partial charge is 0.261 e. The molecule has 0 bridgehead atoms. The minimum Gasteiger partial charge on any atom is -0.479 e. The van der Waals surface area contributed by atoms with Gasteiger partial charge < -0.3 is 15.0 Å². The summed E-state index contributed by atoms with van der Waals surface area (Å²) in [5.74, 6) is 1.22. The molecule has 1 aliphatic heterocycles. The summed E-state index contributed by atoms with van der Waals surface area (Å²) in [5, 5.41) is 3.54. The maximum Gasteiger partial charge on any atom is 0.261 e. The molecule has 4 nitrogen and oxygen atoms in total. The molecule has 1 heterocycles. The zero-order valence-electron chi connectivity index (χ0n) is 14.1. The van der Waals surface area contributed by atoms with E-state index in [9.17, 15) is 4.79 Å². The number of nitrogens with zero attached hydrogens (tertiary/aromatic N) is 1. The van der Waals surface area contributed by atoms with E-state index in [4.69, 9.17) is 16.3 Å². The maximum atomic E-state index is 12.3. The molecule has 23 heavy (non-hydrogen) atoms. The van der Waals surface area contributed by atoms with Gasteiger partial charge in [-0.3, -0.25) is 4.79 Å². The number of piperidine rings is 1. The Kier molecular flexibility index (Phi) is 7.18. The van der Waals surface area contributed by atoms with Gasteiger partial charge in [-0.2, -0.15) is 0 Å². The van der Waals surface area contributed by atoms with Crippen LogP contribution in [-0.2, 0) is 4.79 Å². The third-order valence-electron chi connectivity index (χ3n) is 4.46. The number of hydrogen-bond acceptors (Lipinski definition) is 3. The second-order valence-corrected chi connectivity index (χ2v) is 6.68. The zero-order valence-corrected chi connectivity index (χ0v) is 14.8. The first-order chi connectivity index (χ1) is 11.1. The standard InChI is InChI=1S/C18H27ClN2O2/c1-3-16(23-17-7-5-4-6-15(17)19)18(22)20-11-8-14-9-12-21(2)13-10-14/h4-7,14,16H,3,8-13H2,1-2H3,(H,20,22)/t16-/m1/s1. The van der Waals surface area contributed by atoms with Crippen molar-refractivity contribution >= 4 is 17.5 Å². The molecule has 0 spiro atoms. The second kappa shape index (κ2) is 9.14. The van der Waals surface area contributed by atoms with Crippen LogP contribution in [0.4, 0.5) is 0 Å².